The maximum Gasteiger partial charge on any atom is 0.313 e. The Morgan fingerprint density at radius 2 is 2.24 bits per heavy atom. The minimum absolute atomic E-state index is 0.0600. The van der Waals surface area contributed by atoms with Crippen LogP contribution in [0.15, 0.2) is 5.16 Å². The molecule has 0 bridgehead atoms. The molecule has 8 heteroatoms. The molecule has 1 atom stereocenters. The molecule has 1 unspecified atom stereocenters. The molecule has 1 aromatic rings. The van der Waals surface area contributed by atoms with E-state index in [0.29, 0.717) is 11.0 Å². The van der Waals surface area contributed by atoms with Gasteiger partial charge in [0.1, 0.15) is 6.61 Å². The summed E-state index contributed by atoms with van der Waals surface area (Å²) in [6, 6.07) is 0.124. The molecule has 0 radical (unpaired) electrons. The Labute approximate surface area is 108 Å². The van der Waals surface area contributed by atoms with Crippen LogP contribution in [0, 0.1) is 0 Å². The predicted octanol–water partition coefficient (Wildman–Crippen LogP) is 0.871. The maximum absolute atomic E-state index is 10.5. The summed E-state index contributed by atoms with van der Waals surface area (Å²) >= 11 is 2.79. The Bertz CT molecular complexity index is 384. The molecule has 0 spiro atoms. The van der Waals surface area contributed by atoms with Gasteiger partial charge in [0.15, 0.2) is 11.0 Å². The molecule has 1 heterocycles. The SMILES string of the molecule is CSCC(C)n1c(CO)nnc1SCC(=O)O. The Morgan fingerprint density at radius 1 is 1.53 bits per heavy atom. The quantitative estimate of drug-likeness (QED) is 0.715. The van der Waals surface area contributed by atoms with E-state index in [9.17, 15) is 9.90 Å². The molecule has 17 heavy (non-hydrogen) atoms. The molecule has 0 amide bonds. The number of nitrogens with zero attached hydrogens (tertiary/aromatic N) is 3. The zero-order valence-corrected chi connectivity index (χ0v) is 11.3. The van der Waals surface area contributed by atoms with Gasteiger partial charge < -0.3 is 14.8 Å². The number of aliphatic carboxylic acids is 1. The summed E-state index contributed by atoms with van der Waals surface area (Å²) in [6.07, 6.45) is 1.99. The second-order valence-corrected chi connectivity index (χ2v) is 5.27. The van der Waals surface area contributed by atoms with Gasteiger partial charge >= 0.3 is 5.97 Å². The average Bonchev–Trinajstić information content (AvgIpc) is 2.69. The summed E-state index contributed by atoms with van der Waals surface area (Å²) in [5.41, 5.74) is 0. The number of hydrogen-bond acceptors (Lipinski definition) is 6. The van der Waals surface area contributed by atoms with Gasteiger partial charge in [-0.15, -0.1) is 10.2 Å². The Kier molecular flexibility index (Phi) is 5.79. The third-order valence-electron chi connectivity index (χ3n) is 2.05. The molecule has 6 nitrogen and oxygen atoms in total. The van der Waals surface area contributed by atoms with Gasteiger partial charge in [0.05, 0.1) is 5.75 Å². The van der Waals surface area contributed by atoms with Crippen LogP contribution in [0.4, 0.5) is 0 Å². The number of carboxylic acid groups (broad SMARTS) is 1. The van der Waals surface area contributed by atoms with E-state index in [-0.39, 0.29) is 18.4 Å². The highest BCUT2D eigenvalue weighted by Crippen LogP contribution is 2.23. The molecule has 0 aromatic carbocycles. The lowest BCUT2D eigenvalue weighted by Gasteiger charge is -2.15. The molecular weight excluding hydrogens is 262 g/mol. The van der Waals surface area contributed by atoms with Gasteiger partial charge in [-0.05, 0) is 13.2 Å². The second-order valence-electron chi connectivity index (χ2n) is 3.41. The summed E-state index contributed by atoms with van der Waals surface area (Å²) in [6.45, 7) is 1.79. The van der Waals surface area contributed by atoms with Gasteiger partial charge in [0, 0.05) is 11.8 Å². The molecule has 2 N–H and O–H groups in total. The zero-order chi connectivity index (χ0) is 12.8. The van der Waals surface area contributed by atoms with Crippen molar-refractivity contribution in [3.63, 3.8) is 0 Å². The molecule has 0 aliphatic carbocycles. The monoisotopic (exact) mass is 277 g/mol. The van der Waals surface area contributed by atoms with Gasteiger partial charge in [-0.25, -0.2) is 0 Å². The van der Waals surface area contributed by atoms with Crippen molar-refractivity contribution in [1.29, 1.82) is 0 Å². The van der Waals surface area contributed by atoms with E-state index in [1.54, 1.807) is 16.3 Å². The fourth-order valence-corrected chi connectivity index (χ4v) is 2.81. The molecule has 1 rings (SSSR count). The third kappa shape index (κ3) is 3.90. The highest BCUT2D eigenvalue weighted by Gasteiger charge is 2.17. The maximum atomic E-state index is 10.5. The molecule has 0 saturated heterocycles. The fourth-order valence-electron chi connectivity index (χ4n) is 1.40. The molecule has 96 valence electrons. The first-order valence-electron chi connectivity index (χ1n) is 4.98. The van der Waals surface area contributed by atoms with Gasteiger partial charge in [-0.2, -0.15) is 11.8 Å². The van der Waals surface area contributed by atoms with Crippen molar-refractivity contribution in [3.8, 4) is 0 Å². The first-order chi connectivity index (χ1) is 8.10. The third-order valence-corrected chi connectivity index (χ3v) is 3.79. The first-order valence-corrected chi connectivity index (χ1v) is 7.36. The van der Waals surface area contributed by atoms with Crippen molar-refractivity contribution in [3.05, 3.63) is 5.82 Å². The summed E-state index contributed by atoms with van der Waals surface area (Å²) in [5.74, 6) is 0.369. The van der Waals surface area contributed by atoms with Crippen molar-refractivity contribution in [2.75, 3.05) is 17.8 Å². The van der Waals surface area contributed by atoms with E-state index in [4.69, 9.17) is 5.11 Å². The number of hydrogen-bond donors (Lipinski definition) is 2. The second kappa shape index (κ2) is 6.87. The molecule has 0 fully saturated rings. The Morgan fingerprint density at radius 3 is 2.76 bits per heavy atom. The first kappa shape index (κ1) is 14.3. The lowest BCUT2D eigenvalue weighted by atomic mass is 10.4. The zero-order valence-electron chi connectivity index (χ0n) is 9.66. The highest BCUT2D eigenvalue weighted by atomic mass is 32.2. The van der Waals surface area contributed by atoms with Gasteiger partial charge in [0.25, 0.3) is 0 Å². The molecule has 0 aliphatic heterocycles. The molecule has 0 saturated carbocycles. The number of aliphatic hydroxyl groups excluding tert-OH is 1. The highest BCUT2D eigenvalue weighted by molar-refractivity contribution is 7.99. The summed E-state index contributed by atoms with van der Waals surface area (Å²) in [5, 5.41) is 26.1. The van der Waals surface area contributed by atoms with Crippen LogP contribution in [0.2, 0.25) is 0 Å². The van der Waals surface area contributed by atoms with E-state index in [2.05, 4.69) is 10.2 Å². The number of aromatic nitrogens is 3. The number of aliphatic hydroxyl groups is 1. The van der Waals surface area contributed by atoms with Crippen molar-refractivity contribution < 1.29 is 15.0 Å². The van der Waals surface area contributed by atoms with Gasteiger partial charge in [-0.3, -0.25) is 4.79 Å². The van der Waals surface area contributed by atoms with Crippen LogP contribution in [0.3, 0.4) is 0 Å². The van der Waals surface area contributed by atoms with Crippen molar-refractivity contribution in [2.45, 2.75) is 24.7 Å². The number of carbonyl (C=O) groups is 1. The average molecular weight is 277 g/mol. The van der Waals surface area contributed by atoms with Crippen molar-refractivity contribution in [1.82, 2.24) is 14.8 Å². The van der Waals surface area contributed by atoms with Crippen LogP contribution in [0.1, 0.15) is 18.8 Å². The largest absolute Gasteiger partial charge is 0.481 e. The Hall–Kier alpha value is -0.730. The van der Waals surface area contributed by atoms with E-state index in [1.165, 1.54) is 0 Å². The van der Waals surface area contributed by atoms with Gasteiger partial charge in [0.2, 0.25) is 0 Å². The molecule has 0 aliphatic rings. The standard InChI is InChI=1S/C9H15N3O3S2/c1-6(4-16-2)12-7(3-13)10-11-9(12)17-5-8(14)15/h6,13H,3-5H2,1-2H3,(H,14,15). The van der Waals surface area contributed by atoms with Crippen LogP contribution in [-0.4, -0.2) is 48.7 Å². The van der Waals surface area contributed by atoms with E-state index < -0.39 is 5.97 Å². The lowest BCUT2D eigenvalue weighted by molar-refractivity contribution is -0.133. The van der Waals surface area contributed by atoms with Crippen LogP contribution < -0.4 is 0 Å². The van der Waals surface area contributed by atoms with E-state index >= 15 is 0 Å². The number of rotatable bonds is 7. The van der Waals surface area contributed by atoms with Crippen LogP contribution in [-0.2, 0) is 11.4 Å². The minimum Gasteiger partial charge on any atom is -0.481 e. The van der Waals surface area contributed by atoms with E-state index in [1.807, 2.05) is 13.2 Å². The topological polar surface area (TPSA) is 88.2 Å². The smallest absolute Gasteiger partial charge is 0.313 e. The van der Waals surface area contributed by atoms with Crippen LogP contribution in [0.5, 0.6) is 0 Å². The molecular formula is C9H15N3O3S2. The predicted molar refractivity (Wildman–Crippen MR) is 67.4 cm³/mol. The van der Waals surface area contributed by atoms with Gasteiger partial charge in [-0.1, -0.05) is 11.8 Å². The normalized spacial score (nSPS) is 12.6. The minimum atomic E-state index is -0.896. The van der Waals surface area contributed by atoms with Crippen LogP contribution in [0.25, 0.3) is 0 Å². The fraction of sp³-hybridized carbons (Fsp3) is 0.667. The van der Waals surface area contributed by atoms with Crippen LogP contribution >= 0.6 is 23.5 Å². The summed E-state index contributed by atoms with van der Waals surface area (Å²) < 4.78 is 1.80. The summed E-state index contributed by atoms with van der Waals surface area (Å²) in [4.78, 5) is 10.5. The van der Waals surface area contributed by atoms with E-state index in [0.717, 1.165) is 17.5 Å². The summed E-state index contributed by atoms with van der Waals surface area (Å²) in [7, 11) is 0. The number of carboxylic acids is 1. The number of thioether (sulfide) groups is 2. The Balaban J connectivity index is 2.88. The molecule has 1 aromatic heterocycles. The lowest BCUT2D eigenvalue weighted by Crippen LogP contribution is -2.13. The van der Waals surface area contributed by atoms with Crippen molar-refractivity contribution in [2.24, 2.45) is 0 Å². The van der Waals surface area contributed by atoms with Crippen molar-refractivity contribution >= 4 is 29.5 Å².